The molecule has 0 aliphatic rings. The molecule has 0 aliphatic carbocycles. The third-order valence-corrected chi connectivity index (χ3v) is 3.74. The van der Waals surface area contributed by atoms with Crippen LogP contribution in [0.2, 0.25) is 0 Å². The van der Waals surface area contributed by atoms with E-state index in [1.54, 1.807) is 11.8 Å². The highest BCUT2D eigenvalue weighted by Crippen LogP contribution is 2.24. The van der Waals surface area contributed by atoms with Crippen LogP contribution in [0.4, 0.5) is 0 Å². The fourth-order valence-corrected chi connectivity index (χ4v) is 2.41. The molecule has 1 unspecified atom stereocenters. The molecule has 0 saturated carbocycles. The summed E-state index contributed by atoms with van der Waals surface area (Å²) in [5.74, 6) is 0.106. The maximum atomic E-state index is 11.9. The smallest absolute Gasteiger partial charge is 0.233 e. The molecule has 1 aromatic rings. The van der Waals surface area contributed by atoms with Crippen molar-refractivity contribution in [3.8, 4) is 0 Å². The summed E-state index contributed by atoms with van der Waals surface area (Å²) in [6.45, 7) is 3.31. The summed E-state index contributed by atoms with van der Waals surface area (Å²) in [7, 11) is 0. The summed E-state index contributed by atoms with van der Waals surface area (Å²) in [5.41, 5.74) is 5.39. The highest BCUT2D eigenvalue weighted by Gasteiger charge is 2.16. The summed E-state index contributed by atoms with van der Waals surface area (Å²) in [5, 5.41) is 2.90. The number of hydrogen-bond donors (Lipinski definition) is 2. The van der Waals surface area contributed by atoms with Gasteiger partial charge in [0.2, 0.25) is 5.91 Å². The lowest BCUT2D eigenvalue weighted by molar-refractivity contribution is -0.120. The van der Waals surface area contributed by atoms with Crippen LogP contribution >= 0.6 is 24.2 Å². The number of hydrogen-bond acceptors (Lipinski definition) is 3. The number of amides is 1. The van der Waals surface area contributed by atoms with Crippen LogP contribution in [0.25, 0.3) is 0 Å². The lowest BCUT2D eigenvalue weighted by Crippen LogP contribution is -2.33. The zero-order valence-corrected chi connectivity index (χ0v) is 12.2. The van der Waals surface area contributed by atoms with Crippen LogP contribution in [0.15, 0.2) is 35.2 Å². The zero-order valence-electron chi connectivity index (χ0n) is 10.6. The number of carbonyl (C=O) groups is 1. The van der Waals surface area contributed by atoms with E-state index < -0.39 is 0 Å². The van der Waals surface area contributed by atoms with Gasteiger partial charge in [-0.15, -0.1) is 24.2 Å². The van der Waals surface area contributed by atoms with Crippen LogP contribution in [0.3, 0.4) is 0 Å². The van der Waals surface area contributed by atoms with Crippen LogP contribution in [0.5, 0.6) is 0 Å². The van der Waals surface area contributed by atoms with Gasteiger partial charge in [-0.05, 0) is 31.5 Å². The van der Waals surface area contributed by atoms with Gasteiger partial charge in [-0.2, -0.15) is 0 Å². The van der Waals surface area contributed by atoms with Crippen molar-refractivity contribution in [2.75, 3.05) is 13.1 Å². The molecule has 0 aliphatic heterocycles. The molecule has 3 N–H and O–H groups in total. The zero-order chi connectivity index (χ0) is 12.5. The molecule has 5 heteroatoms. The lowest BCUT2D eigenvalue weighted by atomic mass is 10.3. The van der Waals surface area contributed by atoms with Crippen molar-refractivity contribution >= 4 is 30.1 Å². The minimum Gasteiger partial charge on any atom is -0.355 e. The van der Waals surface area contributed by atoms with Crippen LogP contribution in [0.1, 0.15) is 19.8 Å². The van der Waals surface area contributed by atoms with E-state index in [0.717, 1.165) is 17.7 Å². The molecule has 0 saturated heterocycles. The summed E-state index contributed by atoms with van der Waals surface area (Å²) in [6.07, 6.45) is 1.66. The van der Waals surface area contributed by atoms with Crippen molar-refractivity contribution in [1.29, 1.82) is 0 Å². The van der Waals surface area contributed by atoms with E-state index in [4.69, 9.17) is 5.73 Å². The monoisotopic (exact) mass is 288 g/mol. The van der Waals surface area contributed by atoms with Gasteiger partial charge in [0.1, 0.15) is 0 Å². The molecule has 0 spiro atoms. The fraction of sp³-hybridized carbons (Fsp3) is 0.462. The van der Waals surface area contributed by atoms with Gasteiger partial charge >= 0.3 is 0 Å². The normalized spacial score (nSPS) is 11.4. The van der Waals surface area contributed by atoms with Crippen LogP contribution in [-0.2, 0) is 4.79 Å². The number of carbonyl (C=O) groups excluding carboxylic acids is 1. The number of benzene rings is 1. The first-order valence-corrected chi connectivity index (χ1v) is 6.85. The highest BCUT2D eigenvalue weighted by atomic mass is 35.5. The molecule has 0 fully saturated rings. The summed E-state index contributed by atoms with van der Waals surface area (Å²) in [4.78, 5) is 13.0. The number of nitrogens with one attached hydrogen (secondary N) is 1. The Balaban J connectivity index is 0.00000289. The van der Waals surface area contributed by atoms with E-state index in [2.05, 4.69) is 5.32 Å². The Morgan fingerprint density at radius 3 is 2.61 bits per heavy atom. The van der Waals surface area contributed by atoms with Crippen molar-refractivity contribution in [1.82, 2.24) is 5.32 Å². The average molecular weight is 289 g/mol. The third-order valence-electron chi connectivity index (χ3n) is 2.36. The molecular weight excluding hydrogens is 268 g/mol. The Bertz CT molecular complexity index is 335. The van der Waals surface area contributed by atoms with Gasteiger partial charge in [-0.1, -0.05) is 25.1 Å². The van der Waals surface area contributed by atoms with E-state index in [1.165, 1.54) is 0 Å². The molecule has 3 nitrogen and oxygen atoms in total. The van der Waals surface area contributed by atoms with Gasteiger partial charge in [0.25, 0.3) is 0 Å². The number of nitrogens with two attached hydrogens (primary N) is 1. The molecular formula is C13H21ClN2OS. The maximum Gasteiger partial charge on any atom is 0.233 e. The predicted octanol–water partition coefficient (Wildman–Crippen LogP) is 2.44. The van der Waals surface area contributed by atoms with Gasteiger partial charge in [0.15, 0.2) is 0 Å². The average Bonchev–Trinajstić information content (AvgIpc) is 2.37. The van der Waals surface area contributed by atoms with Crippen LogP contribution in [0, 0.1) is 0 Å². The molecule has 0 aromatic heterocycles. The SMILES string of the molecule is CCC(Sc1ccccc1)C(=O)NCCCN.Cl. The van der Waals surface area contributed by atoms with Gasteiger partial charge < -0.3 is 11.1 Å². The van der Waals surface area contributed by atoms with E-state index >= 15 is 0 Å². The summed E-state index contributed by atoms with van der Waals surface area (Å²) < 4.78 is 0. The second kappa shape index (κ2) is 10.2. The Labute approximate surface area is 119 Å². The van der Waals surface area contributed by atoms with Crippen molar-refractivity contribution in [2.24, 2.45) is 5.73 Å². The predicted molar refractivity (Wildman–Crippen MR) is 80.3 cm³/mol. The number of rotatable bonds is 7. The Morgan fingerprint density at radius 2 is 2.06 bits per heavy atom. The Kier molecular flexibility index (Phi) is 9.83. The largest absolute Gasteiger partial charge is 0.355 e. The number of halogens is 1. The molecule has 1 aromatic carbocycles. The molecule has 102 valence electrons. The van der Waals surface area contributed by atoms with Crippen molar-refractivity contribution in [2.45, 2.75) is 29.9 Å². The minimum absolute atomic E-state index is 0. The van der Waals surface area contributed by atoms with E-state index in [1.807, 2.05) is 37.3 Å². The minimum atomic E-state index is -0.0184. The van der Waals surface area contributed by atoms with Crippen molar-refractivity contribution in [3.05, 3.63) is 30.3 Å². The van der Waals surface area contributed by atoms with Gasteiger partial charge in [-0.3, -0.25) is 4.79 Å². The second-order valence-electron chi connectivity index (χ2n) is 3.76. The highest BCUT2D eigenvalue weighted by molar-refractivity contribution is 8.00. The van der Waals surface area contributed by atoms with Crippen molar-refractivity contribution in [3.63, 3.8) is 0 Å². The van der Waals surface area contributed by atoms with E-state index in [9.17, 15) is 4.79 Å². The molecule has 0 heterocycles. The quantitative estimate of drug-likeness (QED) is 0.598. The van der Waals surface area contributed by atoms with Gasteiger partial charge in [0, 0.05) is 11.4 Å². The van der Waals surface area contributed by atoms with Crippen LogP contribution in [-0.4, -0.2) is 24.2 Å². The first-order chi connectivity index (χ1) is 8.27. The lowest BCUT2D eigenvalue weighted by Gasteiger charge is -2.14. The molecule has 0 bridgehead atoms. The van der Waals surface area contributed by atoms with Crippen LogP contribution < -0.4 is 11.1 Å². The first kappa shape index (κ1) is 17.3. The molecule has 1 amide bonds. The molecule has 1 atom stereocenters. The summed E-state index contributed by atoms with van der Waals surface area (Å²) in [6, 6.07) is 10.0. The van der Waals surface area contributed by atoms with Gasteiger partial charge in [0.05, 0.1) is 5.25 Å². The van der Waals surface area contributed by atoms with E-state index in [-0.39, 0.29) is 23.6 Å². The second-order valence-corrected chi connectivity index (χ2v) is 5.04. The third kappa shape index (κ3) is 6.28. The Morgan fingerprint density at radius 1 is 1.39 bits per heavy atom. The Hall–Kier alpha value is -0.710. The van der Waals surface area contributed by atoms with Gasteiger partial charge in [-0.25, -0.2) is 0 Å². The standard InChI is InChI=1S/C13H20N2OS.ClH/c1-2-12(13(16)15-10-6-9-14)17-11-7-4-3-5-8-11;/h3-5,7-8,12H,2,6,9-10,14H2,1H3,(H,15,16);1H. The maximum absolute atomic E-state index is 11.9. The first-order valence-electron chi connectivity index (χ1n) is 5.97. The molecule has 1 rings (SSSR count). The molecule has 0 radical (unpaired) electrons. The molecule has 18 heavy (non-hydrogen) atoms. The van der Waals surface area contributed by atoms with Crippen molar-refractivity contribution < 1.29 is 4.79 Å². The fourth-order valence-electron chi connectivity index (χ4n) is 1.41. The summed E-state index contributed by atoms with van der Waals surface area (Å²) >= 11 is 1.61. The van der Waals surface area contributed by atoms with E-state index in [0.29, 0.717) is 13.1 Å². The topological polar surface area (TPSA) is 55.1 Å². The number of thioether (sulfide) groups is 1.